The normalized spacial score (nSPS) is 16.2. The molecule has 3 aromatic carbocycles. The molecule has 1 aliphatic heterocycles. The molecule has 1 aliphatic rings. The first-order chi connectivity index (χ1) is 17.3. The van der Waals surface area contributed by atoms with Gasteiger partial charge in [-0.3, -0.25) is 19.7 Å². The largest absolute Gasteiger partial charge is 0.545 e. The standard InChI is InChI=1S/C28H22N2O6/c1-15(28(35)36-22-14-23(31)29-26(22)32)16-8-3-4-9-17(16)18-11-7-12-20-24(27(33)34)19-10-5-6-13-21(19)30(2)25(18)20/h3-13,15,22H,14H2,1-2H3,(H-,29,31,32,33,34). The molecule has 2 unspecified atom stereocenters. The van der Waals surface area contributed by atoms with E-state index in [0.29, 0.717) is 21.9 Å². The number of aryl methyl sites for hydroxylation is 1. The van der Waals surface area contributed by atoms with E-state index in [9.17, 15) is 24.3 Å². The summed E-state index contributed by atoms with van der Waals surface area (Å²) in [5, 5.41) is 15.4. The van der Waals surface area contributed by atoms with Gasteiger partial charge in [-0.25, -0.2) is 0 Å². The van der Waals surface area contributed by atoms with Gasteiger partial charge in [0.25, 0.3) is 5.91 Å². The van der Waals surface area contributed by atoms with Crippen molar-refractivity contribution >= 4 is 45.6 Å². The number of carboxylic acids is 1. The number of rotatable bonds is 5. The van der Waals surface area contributed by atoms with E-state index in [0.717, 1.165) is 16.6 Å². The van der Waals surface area contributed by atoms with Gasteiger partial charge >= 0.3 is 5.97 Å². The van der Waals surface area contributed by atoms with Crippen LogP contribution in [-0.4, -0.2) is 29.9 Å². The predicted molar refractivity (Wildman–Crippen MR) is 128 cm³/mol. The number of aromatic carboxylic acids is 1. The van der Waals surface area contributed by atoms with Crippen molar-refractivity contribution in [1.82, 2.24) is 5.32 Å². The number of carbonyl (C=O) groups excluding carboxylic acids is 4. The Morgan fingerprint density at radius 1 is 0.972 bits per heavy atom. The van der Waals surface area contributed by atoms with Crippen molar-refractivity contribution in [3.05, 3.63) is 77.9 Å². The van der Waals surface area contributed by atoms with E-state index in [-0.39, 0.29) is 12.0 Å². The molecule has 5 rings (SSSR count). The minimum Gasteiger partial charge on any atom is -0.545 e. The fourth-order valence-corrected chi connectivity index (χ4v) is 4.90. The zero-order valence-corrected chi connectivity index (χ0v) is 19.6. The molecule has 2 atom stereocenters. The molecule has 4 aromatic rings. The number of hydrogen-bond donors (Lipinski definition) is 1. The van der Waals surface area contributed by atoms with Crippen LogP contribution in [-0.2, 0) is 26.2 Å². The van der Waals surface area contributed by atoms with E-state index in [1.54, 1.807) is 43.3 Å². The lowest BCUT2D eigenvalue weighted by Gasteiger charge is -2.18. The summed E-state index contributed by atoms with van der Waals surface area (Å²) in [5.41, 5.74) is 3.58. The van der Waals surface area contributed by atoms with Gasteiger partial charge in [-0.15, -0.1) is 0 Å². The summed E-state index contributed by atoms with van der Waals surface area (Å²) in [7, 11) is 1.86. The van der Waals surface area contributed by atoms with Crippen LogP contribution in [0.2, 0.25) is 0 Å². The van der Waals surface area contributed by atoms with E-state index >= 15 is 0 Å². The molecule has 2 heterocycles. The van der Waals surface area contributed by atoms with Crippen LogP contribution in [0.15, 0.2) is 66.7 Å². The minimum absolute atomic E-state index is 0.0994. The zero-order valence-electron chi connectivity index (χ0n) is 19.6. The average Bonchev–Trinajstić information content (AvgIpc) is 3.19. The Labute approximate surface area is 206 Å². The van der Waals surface area contributed by atoms with Gasteiger partial charge in [-0.1, -0.05) is 42.5 Å². The third kappa shape index (κ3) is 3.76. The predicted octanol–water partition coefficient (Wildman–Crippen LogP) is 1.91. The van der Waals surface area contributed by atoms with Gasteiger partial charge < -0.3 is 14.6 Å². The maximum atomic E-state index is 13.0. The number of nitrogens with one attached hydrogen (secondary N) is 1. The Morgan fingerprint density at radius 2 is 1.64 bits per heavy atom. The van der Waals surface area contributed by atoms with Crippen LogP contribution >= 0.6 is 0 Å². The second-order valence-electron chi connectivity index (χ2n) is 8.79. The maximum absolute atomic E-state index is 13.0. The van der Waals surface area contributed by atoms with E-state index in [4.69, 9.17) is 4.74 Å². The summed E-state index contributed by atoms with van der Waals surface area (Å²) in [5.74, 6) is -3.78. The van der Waals surface area contributed by atoms with Gasteiger partial charge in [0, 0.05) is 11.6 Å². The molecule has 0 spiro atoms. The van der Waals surface area contributed by atoms with Crippen molar-refractivity contribution in [2.45, 2.75) is 25.4 Å². The van der Waals surface area contributed by atoms with Crippen molar-refractivity contribution in [1.29, 1.82) is 0 Å². The monoisotopic (exact) mass is 482 g/mol. The lowest BCUT2D eigenvalue weighted by atomic mass is 9.89. The van der Waals surface area contributed by atoms with Gasteiger partial charge in [-0.05, 0) is 36.2 Å². The number of para-hydroxylation sites is 2. The van der Waals surface area contributed by atoms with Crippen molar-refractivity contribution in [3.8, 4) is 11.1 Å². The smallest absolute Gasteiger partial charge is 0.313 e. The van der Waals surface area contributed by atoms with Gasteiger partial charge in [0.05, 0.1) is 34.6 Å². The highest BCUT2D eigenvalue weighted by atomic mass is 16.5. The van der Waals surface area contributed by atoms with Gasteiger partial charge in [-0.2, -0.15) is 4.57 Å². The zero-order chi connectivity index (χ0) is 25.6. The van der Waals surface area contributed by atoms with Crippen molar-refractivity contribution in [2.75, 3.05) is 0 Å². The topological polar surface area (TPSA) is 116 Å². The highest BCUT2D eigenvalue weighted by Gasteiger charge is 2.35. The second kappa shape index (κ2) is 8.88. The van der Waals surface area contributed by atoms with Gasteiger partial charge in [0.15, 0.2) is 6.10 Å². The number of imide groups is 1. The highest BCUT2D eigenvalue weighted by Crippen LogP contribution is 2.36. The number of benzene rings is 3. The molecule has 0 radical (unpaired) electrons. The Balaban J connectivity index is 1.67. The molecule has 1 N–H and O–H groups in total. The number of fused-ring (bicyclic) bond motifs is 2. The summed E-state index contributed by atoms with van der Waals surface area (Å²) >= 11 is 0. The number of esters is 1. The number of pyridine rings is 1. The molecule has 0 aliphatic carbocycles. The number of ether oxygens (including phenoxy) is 1. The first kappa shape index (κ1) is 23.2. The average molecular weight is 482 g/mol. The van der Waals surface area contributed by atoms with Crippen LogP contribution in [0.25, 0.3) is 32.9 Å². The number of hydrogen-bond acceptors (Lipinski definition) is 6. The first-order valence-corrected chi connectivity index (χ1v) is 11.5. The van der Waals surface area contributed by atoms with Gasteiger partial charge in [0.2, 0.25) is 16.9 Å². The first-order valence-electron chi connectivity index (χ1n) is 11.5. The Bertz CT molecular complexity index is 1590. The molecule has 8 heteroatoms. The summed E-state index contributed by atoms with van der Waals surface area (Å²) in [6.07, 6.45) is -1.34. The number of aromatic nitrogens is 1. The highest BCUT2D eigenvalue weighted by molar-refractivity contribution is 6.13. The quantitative estimate of drug-likeness (QED) is 0.201. The molecule has 2 amide bonds. The molecule has 0 bridgehead atoms. The van der Waals surface area contributed by atoms with E-state index in [1.807, 2.05) is 41.9 Å². The lowest BCUT2D eigenvalue weighted by molar-refractivity contribution is -0.617. The van der Waals surface area contributed by atoms with E-state index < -0.39 is 35.8 Å². The molecule has 180 valence electrons. The summed E-state index contributed by atoms with van der Waals surface area (Å²) in [6, 6.07) is 19.9. The fourth-order valence-electron chi connectivity index (χ4n) is 4.90. The molecular weight excluding hydrogens is 460 g/mol. The molecule has 1 saturated heterocycles. The Morgan fingerprint density at radius 3 is 2.36 bits per heavy atom. The third-order valence-corrected chi connectivity index (χ3v) is 6.63. The number of nitrogens with zero attached hydrogens (tertiary/aromatic N) is 1. The fraction of sp³-hybridized carbons (Fsp3) is 0.179. The van der Waals surface area contributed by atoms with Crippen molar-refractivity contribution in [3.63, 3.8) is 0 Å². The van der Waals surface area contributed by atoms with E-state index in [1.165, 1.54) is 0 Å². The van der Waals surface area contributed by atoms with Crippen molar-refractivity contribution in [2.24, 2.45) is 7.05 Å². The summed E-state index contributed by atoms with van der Waals surface area (Å²) in [4.78, 5) is 48.6. The Hall–Kier alpha value is -4.59. The molecule has 36 heavy (non-hydrogen) atoms. The van der Waals surface area contributed by atoms with Gasteiger partial charge in [0.1, 0.15) is 7.05 Å². The third-order valence-electron chi connectivity index (χ3n) is 6.63. The summed E-state index contributed by atoms with van der Waals surface area (Å²) in [6.45, 7) is 1.67. The van der Waals surface area contributed by atoms with Crippen LogP contribution in [0.3, 0.4) is 0 Å². The second-order valence-corrected chi connectivity index (χ2v) is 8.79. The van der Waals surface area contributed by atoms with Crippen LogP contribution in [0, 0.1) is 0 Å². The molecule has 1 aromatic heterocycles. The van der Waals surface area contributed by atoms with E-state index in [2.05, 4.69) is 5.32 Å². The minimum atomic E-state index is -1.27. The van der Waals surface area contributed by atoms with Crippen LogP contribution in [0.5, 0.6) is 0 Å². The summed E-state index contributed by atoms with van der Waals surface area (Å²) < 4.78 is 7.29. The Kier molecular flexibility index (Phi) is 5.72. The van der Waals surface area contributed by atoms with Crippen LogP contribution in [0.1, 0.15) is 35.2 Å². The number of carboxylic acid groups (broad SMARTS) is 1. The SMILES string of the molecule is CC(C(=O)OC1CC(=O)NC1=O)c1ccccc1-c1cccc2c(C(=O)[O-])c3ccccc3[n+](C)c12. The molecule has 0 saturated carbocycles. The molecular formula is C28H22N2O6. The molecule has 1 fully saturated rings. The lowest BCUT2D eigenvalue weighted by Crippen LogP contribution is -2.33. The van der Waals surface area contributed by atoms with Crippen LogP contribution < -0.4 is 15.0 Å². The maximum Gasteiger partial charge on any atom is 0.313 e. The molecule has 8 nitrogen and oxygen atoms in total. The van der Waals surface area contributed by atoms with Crippen LogP contribution in [0.4, 0.5) is 0 Å². The number of carbonyl (C=O) groups is 4. The number of amides is 2. The van der Waals surface area contributed by atoms with Crippen molar-refractivity contribution < 1.29 is 33.6 Å².